The molecule has 2 amide bonds. The monoisotopic (exact) mass is 2150 g/mol. The minimum Gasteiger partial charge on any atom is -1.00 e. The number of H-pyrrole nitrogens is 1. The third-order valence-corrected chi connectivity index (χ3v) is 22.6. The van der Waals surface area contributed by atoms with E-state index in [0.717, 1.165) is 114 Å². The Morgan fingerprint density at radius 3 is 0.945 bits per heavy atom. The first-order valence-electron chi connectivity index (χ1n) is 45.5. The van der Waals surface area contributed by atoms with Gasteiger partial charge < -0.3 is 101 Å². The summed E-state index contributed by atoms with van der Waals surface area (Å²) < 4.78 is 67.4. The van der Waals surface area contributed by atoms with Crippen molar-refractivity contribution >= 4 is 73.8 Å². The number of nitrogens with one attached hydrogen (secondary N) is 3. The molecule has 15 rings (SSSR count). The molecule has 3 heterocycles. The van der Waals surface area contributed by atoms with Crippen molar-refractivity contribution in [3.63, 3.8) is 0 Å². The van der Waals surface area contributed by atoms with Crippen LogP contribution in [0.15, 0.2) is 306 Å². The lowest BCUT2D eigenvalue weighted by Crippen LogP contribution is -3.00. The van der Waals surface area contributed by atoms with Crippen molar-refractivity contribution < 1.29 is 109 Å². The SMILES string of the molecule is CC.CCN(CC)CC.COc1ccc(-c2[nH][n+](C)c(-c3ccc(OC)cc3)[n+]2C)cc1.COc1ccc(-c2nnc(-c3ccc(OC)cc3)n2C)cc1.COc1ccc(/C(Cl)=N/N=C(\Cl)c2ccc(OC)cc2)cc1.COc1ccc(C(=O)CNC(=O)c2ccc(OC)cc2)cc1.COc1ccc(C(=O)Cl)cc1.COc1ccc(C(=O)NN)cc1.COc1ccc(C2=NN(C)C(c3ccc(OC)cc3)N2C)cc1.[I-]. The summed E-state index contributed by atoms with van der Waals surface area (Å²) in [6, 6.07) is 88.7. The molecule has 35 heteroatoms. The van der Waals surface area contributed by atoms with E-state index in [4.69, 9.17) is 103 Å². The van der Waals surface area contributed by atoms with E-state index in [9.17, 15) is 19.2 Å². The number of methoxy groups -OCH3 is 12. The predicted octanol–water partition coefficient (Wildman–Crippen LogP) is 16.5. The van der Waals surface area contributed by atoms with Crippen LogP contribution in [0.5, 0.6) is 69.0 Å². The molecule has 5 N–H and O–H groups in total. The van der Waals surface area contributed by atoms with Gasteiger partial charge in [0.2, 0.25) is 0 Å². The van der Waals surface area contributed by atoms with Gasteiger partial charge in [-0.25, -0.2) is 5.84 Å². The molecule has 0 radical (unpaired) electrons. The highest BCUT2D eigenvalue weighted by molar-refractivity contribution is 6.71. The number of nitrogens with zero attached hydrogens (tertiary/aromatic N) is 11. The molecule has 2 aromatic heterocycles. The number of amides is 2. The number of carbonyl (C=O) groups is 4. The maximum absolute atomic E-state index is 12.0. The molecular formula is C110H128Cl3IN15O16+. The summed E-state index contributed by atoms with van der Waals surface area (Å²) in [5.41, 5.74) is 11.9. The maximum atomic E-state index is 12.0. The summed E-state index contributed by atoms with van der Waals surface area (Å²) >= 11 is 17.4. The first kappa shape index (κ1) is 119. The van der Waals surface area contributed by atoms with Crippen molar-refractivity contribution in [3.8, 4) is 115 Å². The van der Waals surface area contributed by atoms with E-state index < -0.39 is 5.24 Å². The highest BCUT2D eigenvalue weighted by atomic mass is 127. The largest absolute Gasteiger partial charge is 1.00 e. The van der Waals surface area contributed by atoms with Gasteiger partial charge in [0.15, 0.2) is 40.7 Å². The van der Waals surface area contributed by atoms with E-state index in [1.54, 1.807) is 231 Å². The van der Waals surface area contributed by atoms with E-state index >= 15 is 0 Å². The van der Waals surface area contributed by atoms with E-state index in [-0.39, 0.29) is 64.6 Å². The smallest absolute Gasteiger partial charge is 0.475 e. The molecule has 145 heavy (non-hydrogen) atoms. The number of ketones is 1. The van der Waals surface area contributed by atoms with Crippen LogP contribution in [-0.4, -0.2) is 199 Å². The summed E-state index contributed by atoms with van der Waals surface area (Å²) in [6.07, 6.45) is 0.0676. The van der Waals surface area contributed by atoms with E-state index in [2.05, 4.69) is 104 Å². The van der Waals surface area contributed by atoms with Gasteiger partial charge in [-0.05, 0) is 321 Å². The van der Waals surface area contributed by atoms with Crippen LogP contribution in [0.1, 0.15) is 104 Å². The molecule has 0 bridgehead atoms. The Kier molecular flexibility index (Phi) is 51.6. The minimum atomic E-state index is -0.451. The standard InChI is InChI=1S/C18H21N3O2.C18H20N3O2.C17H17N3O2.C17H17NO4.C16H14Cl2N2O2.C8H7ClO2.C8H10N2O2.C6H15N.C2H6.HI/c2*1-20-17(13-5-9-15(22-3)10-6-13)19-21(2)18(20)14-7-11-16(23-4)12-8-14;1-20-16(12-4-8-14(21-2)9-5-12)18-19-17(20)13-6-10-15(22-3)11-7-13;1-21-14-7-3-12(4-8-14)16(19)11-18-17(20)13-5-9-15(22-2)10-6-13;1-21-13-7-3-11(4-8-13)15(17)19-20-16(18)12-5-9-14(22-2)10-6-12;1-11-7-4-2-6(3-5-7)8(9)10;1-12-7-4-2-6(3-5-7)8(11)10-9;1-4-7(5-2)6-3;1-2;/h5-12,18H,1-4H3;5-12H,1-4H3;4-11H,1-3H3;3-10H,11H2,1-2H3,(H,18,20);3-10H,1-2H3;2-5H,1H3;2-5H,9H2,1H3,(H,10,11);4-6H2,1-3H3;1-2H3;1H/q;+1;;;;;;;;/b;;;;19-15-,20-16-;;;;;. The number of benzene rings is 12. The zero-order valence-electron chi connectivity index (χ0n) is 85.7. The van der Waals surface area contributed by atoms with Crippen molar-refractivity contribution in [2.24, 2.45) is 42.3 Å². The number of hydrogen-bond acceptors (Lipinski definition) is 25. The Hall–Kier alpha value is -15.1. The summed E-state index contributed by atoms with van der Waals surface area (Å²) in [5, 5.41) is 29.2. The van der Waals surface area contributed by atoms with Crippen LogP contribution in [0.25, 0.3) is 45.6 Å². The average Bonchev–Trinajstić information content (AvgIpc) is 1.64. The molecule has 0 aliphatic carbocycles. The molecule has 1 atom stereocenters. The maximum Gasteiger partial charge on any atom is 0.475 e. The quantitative estimate of drug-likeness (QED) is 0.00475. The first-order chi connectivity index (χ1) is 69.6. The Morgan fingerprint density at radius 2 is 0.648 bits per heavy atom. The van der Waals surface area contributed by atoms with Crippen LogP contribution in [0.3, 0.4) is 0 Å². The van der Waals surface area contributed by atoms with Crippen LogP contribution in [0.2, 0.25) is 0 Å². The minimum absolute atomic E-state index is 0. The van der Waals surface area contributed by atoms with Gasteiger partial charge in [-0.1, -0.05) is 75.1 Å². The number of aryl methyl sites for hydroxylation is 1. The Balaban J connectivity index is 0.000000258. The van der Waals surface area contributed by atoms with Gasteiger partial charge in [0.25, 0.3) is 17.1 Å². The Labute approximate surface area is 881 Å². The molecule has 0 saturated heterocycles. The van der Waals surface area contributed by atoms with E-state index in [1.165, 1.54) is 25.2 Å². The van der Waals surface area contributed by atoms with Crippen molar-refractivity contribution in [1.82, 2.24) is 45.4 Å². The highest BCUT2D eigenvalue weighted by Crippen LogP contribution is 2.34. The molecule has 12 aromatic carbocycles. The molecule has 31 nitrogen and oxygen atoms in total. The fraction of sp³-hybridized carbons (Fsp3) is 0.245. The number of nitrogens with two attached hydrogens (primary N) is 1. The number of nitrogen functional groups attached to an aromatic ring is 1. The topological polar surface area (TPSA) is 330 Å². The molecule has 0 fully saturated rings. The number of carbonyl (C=O) groups excluding carboxylic acids is 4. The van der Waals surface area contributed by atoms with Gasteiger partial charge >= 0.3 is 11.6 Å². The number of halogens is 4. The van der Waals surface area contributed by atoms with Gasteiger partial charge in [-0.3, -0.25) is 29.6 Å². The van der Waals surface area contributed by atoms with Gasteiger partial charge in [-0.15, -0.1) is 25.0 Å². The van der Waals surface area contributed by atoms with Crippen molar-refractivity contribution in [3.05, 3.63) is 336 Å². The Morgan fingerprint density at radius 1 is 0.379 bits per heavy atom. The molecular weight excluding hydrogens is 2020 g/mol. The van der Waals surface area contributed by atoms with Crippen LogP contribution >= 0.6 is 34.8 Å². The molecule has 0 saturated carbocycles. The fourth-order valence-corrected chi connectivity index (χ4v) is 14.1. The second kappa shape index (κ2) is 63.1. The lowest BCUT2D eigenvalue weighted by Gasteiger charge is -2.27. The molecule has 1 aliphatic heterocycles. The van der Waals surface area contributed by atoms with Crippen LogP contribution < -0.4 is 107 Å². The van der Waals surface area contributed by atoms with Crippen molar-refractivity contribution in [2.45, 2.75) is 40.8 Å². The number of aromatic nitrogens is 6. The third kappa shape index (κ3) is 36.1. The number of hydrazone groups is 1. The van der Waals surface area contributed by atoms with E-state index in [1.807, 2.05) is 176 Å². The average molecular weight is 2150 g/mol. The first-order valence-corrected chi connectivity index (χ1v) is 46.6. The zero-order valence-corrected chi connectivity index (χ0v) is 90.1. The van der Waals surface area contributed by atoms with Gasteiger partial charge in [0.05, 0.1) is 97.4 Å². The normalized spacial score (nSPS) is 11.4. The number of hydrogen-bond donors (Lipinski definition) is 4. The summed E-state index contributed by atoms with van der Waals surface area (Å²) in [5.74, 6) is 18.2. The van der Waals surface area contributed by atoms with Gasteiger partial charge in [-0.2, -0.15) is 5.10 Å². The van der Waals surface area contributed by atoms with Crippen LogP contribution in [-0.2, 0) is 21.1 Å². The lowest BCUT2D eigenvalue weighted by atomic mass is 10.1. The molecule has 14 aromatic rings. The summed E-state index contributed by atoms with van der Waals surface area (Å²) in [7, 11) is 29.5. The number of rotatable bonds is 30. The van der Waals surface area contributed by atoms with Crippen LogP contribution in [0.4, 0.5) is 0 Å². The third-order valence-electron chi connectivity index (χ3n) is 21.8. The molecule has 766 valence electrons. The van der Waals surface area contributed by atoms with Gasteiger partial charge in [0, 0.05) is 71.2 Å². The Bertz CT molecular complexity index is 6140. The van der Waals surface area contributed by atoms with Crippen molar-refractivity contribution in [1.29, 1.82) is 0 Å². The number of aromatic amines is 1. The lowest BCUT2D eigenvalue weighted by molar-refractivity contribution is -0.773. The fourth-order valence-electron chi connectivity index (χ4n) is 13.7. The molecule has 0 spiro atoms. The highest BCUT2D eigenvalue weighted by Gasteiger charge is 2.33. The second-order valence-corrected chi connectivity index (χ2v) is 31.4. The van der Waals surface area contributed by atoms with Crippen LogP contribution in [0, 0.1) is 0 Å². The number of amidine groups is 1. The van der Waals surface area contributed by atoms with Crippen molar-refractivity contribution in [2.75, 3.05) is 126 Å². The number of ether oxygens (including phenoxy) is 12. The van der Waals surface area contributed by atoms with Gasteiger partial charge in [0.1, 0.15) is 87.8 Å². The summed E-state index contributed by atoms with van der Waals surface area (Å²) in [6.45, 7) is 14.1. The zero-order chi connectivity index (χ0) is 105. The molecule has 1 unspecified atom stereocenters. The second-order valence-electron chi connectivity index (χ2n) is 30.3. The predicted molar refractivity (Wildman–Crippen MR) is 569 cm³/mol. The summed E-state index contributed by atoms with van der Waals surface area (Å²) in [4.78, 5) is 50.0. The number of Topliss-reactive ketones (excluding diaryl/α,β-unsaturated/α-hetero) is 1. The molecule has 1 aliphatic rings. The van der Waals surface area contributed by atoms with E-state index in [0.29, 0.717) is 45.3 Å². The number of hydrazine groups is 1.